The van der Waals surface area contributed by atoms with Gasteiger partial charge in [0.25, 0.3) is 0 Å². The fourth-order valence-corrected chi connectivity index (χ4v) is 5.29. The van der Waals surface area contributed by atoms with E-state index in [4.69, 9.17) is 0 Å². The molecule has 2 N–H and O–H groups in total. The lowest BCUT2D eigenvalue weighted by atomic mass is 9.67. The van der Waals surface area contributed by atoms with Gasteiger partial charge in [-0.1, -0.05) is 43.2 Å². The largest absolute Gasteiger partial charge is 0.355 e. The summed E-state index contributed by atoms with van der Waals surface area (Å²) in [5.74, 6) is 1.53. The van der Waals surface area contributed by atoms with Crippen LogP contribution in [0.2, 0.25) is 0 Å². The average molecular weight is 356 g/mol. The molecule has 142 valence electrons. The summed E-state index contributed by atoms with van der Waals surface area (Å²) < 4.78 is 0. The van der Waals surface area contributed by atoms with E-state index in [0.717, 1.165) is 45.7 Å². The summed E-state index contributed by atoms with van der Waals surface area (Å²) in [4.78, 5) is 15.5. The first-order valence-corrected chi connectivity index (χ1v) is 10.5. The molecule has 1 amide bonds. The van der Waals surface area contributed by atoms with E-state index in [0.29, 0.717) is 17.7 Å². The van der Waals surface area contributed by atoms with Crippen molar-refractivity contribution in [1.82, 2.24) is 15.5 Å². The van der Waals surface area contributed by atoms with Crippen molar-refractivity contribution in [2.24, 2.45) is 17.3 Å². The highest BCUT2D eigenvalue weighted by molar-refractivity contribution is 5.83. The van der Waals surface area contributed by atoms with Gasteiger partial charge in [-0.3, -0.25) is 9.69 Å². The van der Waals surface area contributed by atoms with Crippen LogP contribution in [0.4, 0.5) is 0 Å². The number of piperidine rings is 1. The molecule has 4 heteroatoms. The monoisotopic (exact) mass is 355 g/mol. The average Bonchev–Trinajstić information content (AvgIpc) is 3.13. The molecule has 4 rings (SSSR count). The van der Waals surface area contributed by atoms with Gasteiger partial charge in [0.2, 0.25) is 5.91 Å². The molecule has 4 nitrogen and oxygen atoms in total. The molecule has 1 saturated carbocycles. The number of nitrogens with zero attached hydrogens (tertiary/aromatic N) is 1. The van der Waals surface area contributed by atoms with Crippen molar-refractivity contribution >= 4 is 5.91 Å². The van der Waals surface area contributed by atoms with Crippen LogP contribution in [0.15, 0.2) is 30.3 Å². The second kappa shape index (κ2) is 8.10. The van der Waals surface area contributed by atoms with Crippen LogP contribution in [0.25, 0.3) is 0 Å². The van der Waals surface area contributed by atoms with E-state index in [1.54, 1.807) is 0 Å². The normalized spacial score (nSPS) is 30.1. The molecule has 2 heterocycles. The number of amides is 1. The first-order valence-electron chi connectivity index (χ1n) is 10.5. The van der Waals surface area contributed by atoms with E-state index >= 15 is 0 Å². The quantitative estimate of drug-likeness (QED) is 0.854. The predicted molar refractivity (Wildman–Crippen MR) is 105 cm³/mol. The molecule has 0 unspecified atom stereocenters. The fraction of sp³-hybridized carbons (Fsp3) is 0.682. The maximum Gasteiger partial charge on any atom is 0.227 e. The Balaban J connectivity index is 1.23. The molecular weight excluding hydrogens is 322 g/mol. The van der Waals surface area contributed by atoms with Crippen LogP contribution in [-0.2, 0) is 11.3 Å². The van der Waals surface area contributed by atoms with Gasteiger partial charge in [-0.2, -0.15) is 0 Å². The lowest BCUT2D eigenvalue weighted by molar-refractivity contribution is -0.134. The Morgan fingerprint density at radius 2 is 1.96 bits per heavy atom. The molecule has 0 bridgehead atoms. The number of hydrogen-bond donors (Lipinski definition) is 2. The molecule has 0 radical (unpaired) electrons. The van der Waals surface area contributed by atoms with Gasteiger partial charge in [0.05, 0.1) is 5.41 Å². The zero-order valence-electron chi connectivity index (χ0n) is 15.9. The van der Waals surface area contributed by atoms with Crippen molar-refractivity contribution in [2.45, 2.75) is 45.1 Å². The fourth-order valence-electron chi connectivity index (χ4n) is 5.29. The number of carbonyl (C=O) groups excluding carboxylic acids is 1. The molecular formula is C22H33N3O. The summed E-state index contributed by atoms with van der Waals surface area (Å²) in [5.41, 5.74) is 1.29. The van der Waals surface area contributed by atoms with Crippen molar-refractivity contribution in [3.63, 3.8) is 0 Å². The Kier molecular flexibility index (Phi) is 5.60. The summed E-state index contributed by atoms with van der Waals surface area (Å²) in [6.45, 7) is 6.13. The number of likely N-dealkylation sites (tertiary alicyclic amines) is 1. The van der Waals surface area contributed by atoms with Crippen LogP contribution < -0.4 is 10.6 Å². The van der Waals surface area contributed by atoms with Crippen LogP contribution in [0, 0.1) is 17.3 Å². The van der Waals surface area contributed by atoms with E-state index in [9.17, 15) is 4.79 Å². The van der Waals surface area contributed by atoms with Gasteiger partial charge < -0.3 is 10.6 Å². The van der Waals surface area contributed by atoms with Gasteiger partial charge >= 0.3 is 0 Å². The number of nitrogens with one attached hydrogen (secondary N) is 2. The van der Waals surface area contributed by atoms with Crippen molar-refractivity contribution < 1.29 is 4.79 Å². The number of carbonyl (C=O) groups is 1. The van der Waals surface area contributed by atoms with Crippen LogP contribution in [0.5, 0.6) is 0 Å². The third-order valence-electron chi connectivity index (χ3n) is 7.00. The minimum atomic E-state index is -0.105. The second-order valence-electron chi connectivity index (χ2n) is 8.64. The number of benzene rings is 1. The van der Waals surface area contributed by atoms with Gasteiger partial charge in [-0.05, 0) is 62.7 Å². The van der Waals surface area contributed by atoms with Crippen LogP contribution in [0.1, 0.15) is 44.1 Å². The predicted octanol–water partition coefficient (Wildman–Crippen LogP) is 2.79. The van der Waals surface area contributed by atoms with E-state index in [-0.39, 0.29) is 5.41 Å². The minimum absolute atomic E-state index is 0.105. The summed E-state index contributed by atoms with van der Waals surface area (Å²) >= 11 is 0. The molecule has 0 spiro atoms. The summed E-state index contributed by atoms with van der Waals surface area (Å²) in [7, 11) is 0. The third-order valence-corrected chi connectivity index (χ3v) is 7.00. The van der Waals surface area contributed by atoms with Crippen LogP contribution >= 0.6 is 0 Å². The zero-order valence-corrected chi connectivity index (χ0v) is 15.9. The molecule has 3 aliphatic rings. The highest BCUT2D eigenvalue weighted by atomic mass is 16.2. The van der Waals surface area contributed by atoms with Gasteiger partial charge in [-0.15, -0.1) is 0 Å². The number of fused-ring (bicyclic) bond motifs is 1. The van der Waals surface area contributed by atoms with E-state index < -0.39 is 0 Å². The zero-order chi connectivity index (χ0) is 17.8. The van der Waals surface area contributed by atoms with Crippen molar-refractivity contribution in [3.8, 4) is 0 Å². The molecule has 2 atom stereocenters. The maximum absolute atomic E-state index is 13.0. The van der Waals surface area contributed by atoms with Crippen molar-refractivity contribution in [3.05, 3.63) is 35.9 Å². The molecule has 0 aromatic heterocycles. The standard InChI is InChI=1S/C22H33N3O/c26-21(22-11-5-4-8-20(22)15-23-17-22)24-14-18-9-12-25(13-10-18)16-19-6-2-1-3-7-19/h1-3,6-7,18,20,23H,4-5,8-17H2,(H,24,26)/t20-,22+/m0/s1. The number of rotatable bonds is 5. The van der Waals surface area contributed by atoms with Gasteiger partial charge in [-0.25, -0.2) is 0 Å². The first-order chi connectivity index (χ1) is 12.8. The minimum Gasteiger partial charge on any atom is -0.355 e. The van der Waals surface area contributed by atoms with Gasteiger partial charge in [0.1, 0.15) is 0 Å². The van der Waals surface area contributed by atoms with Gasteiger partial charge in [0.15, 0.2) is 0 Å². The summed E-state index contributed by atoms with van der Waals surface area (Å²) in [6.07, 6.45) is 7.19. The lowest BCUT2D eigenvalue weighted by Gasteiger charge is -2.38. The smallest absolute Gasteiger partial charge is 0.227 e. The summed E-state index contributed by atoms with van der Waals surface area (Å²) in [6, 6.07) is 10.7. The second-order valence-corrected chi connectivity index (χ2v) is 8.64. The highest BCUT2D eigenvalue weighted by Gasteiger charge is 2.49. The lowest BCUT2D eigenvalue weighted by Crippen LogP contribution is -2.49. The van der Waals surface area contributed by atoms with Crippen molar-refractivity contribution in [2.75, 3.05) is 32.7 Å². The maximum atomic E-state index is 13.0. The van der Waals surface area contributed by atoms with Crippen LogP contribution in [-0.4, -0.2) is 43.5 Å². The van der Waals surface area contributed by atoms with Crippen molar-refractivity contribution in [1.29, 1.82) is 0 Å². The van der Waals surface area contributed by atoms with Gasteiger partial charge in [0, 0.05) is 19.6 Å². The molecule has 1 aromatic rings. The van der Waals surface area contributed by atoms with E-state index in [2.05, 4.69) is 45.9 Å². The third kappa shape index (κ3) is 3.81. The SMILES string of the molecule is O=C(NCC1CCN(Cc2ccccc2)CC1)[C@@]12CCCC[C@H]1CNC2. The molecule has 2 saturated heterocycles. The Morgan fingerprint density at radius 3 is 2.77 bits per heavy atom. The Labute approximate surface area is 157 Å². The number of hydrogen-bond acceptors (Lipinski definition) is 3. The Hall–Kier alpha value is -1.39. The van der Waals surface area contributed by atoms with E-state index in [1.807, 2.05) is 0 Å². The Bertz CT molecular complexity index is 597. The molecule has 3 fully saturated rings. The highest BCUT2D eigenvalue weighted by Crippen LogP contribution is 2.43. The first kappa shape index (κ1) is 18.0. The topological polar surface area (TPSA) is 44.4 Å². The van der Waals surface area contributed by atoms with E-state index in [1.165, 1.54) is 37.7 Å². The molecule has 2 aliphatic heterocycles. The molecule has 26 heavy (non-hydrogen) atoms. The Morgan fingerprint density at radius 1 is 1.15 bits per heavy atom. The molecule has 1 aromatic carbocycles. The van der Waals surface area contributed by atoms with Crippen LogP contribution in [0.3, 0.4) is 0 Å². The molecule has 1 aliphatic carbocycles. The summed E-state index contributed by atoms with van der Waals surface area (Å²) in [5, 5.41) is 6.84.